The van der Waals surface area contributed by atoms with Crippen LogP contribution >= 0.6 is 12.0 Å². The van der Waals surface area contributed by atoms with Gasteiger partial charge in [-0.15, -0.1) is 0 Å². The van der Waals surface area contributed by atoms with Gasteiger partial charge in [-0.25, -0.2) is 0 Å². The van der Waals surface area contributed by atoms with Crippen molar-refractivity contribution in [3.63, 3.8) is 0 Å². The van der Waals surface area contributed by atoms with Gasteiger partial charge in [0, 0.05) is 49.8 Å². The lowest BCUT2D eigenvalue weighted by molar-refractivity contribution is 0.209. The number of nitrogens with zero attached hydrogens (tertiary/aromatic N) is 2. The van der Waals surface area contributed by atoms with Crippen LogP contribution in [0, 0.1) is 0 Å². The summed E-state index contributed by atoms with van der Waals surface area (Å²) in [6.45, 7) is 17.1. The van der Waals surface area contributed by atoms with Gasteiger partial charge < -0.3 is 14.2 Å². The summed E-state index contributed by atoms with van der Waals surface area (Å²) in [5, 5.41) is 10.4. The Morgan fingerprint density at radius 3 is 1.88 bits per heavy atom. The van der Waals surface area contributed by atoms with Gasteiger partial charge in [-0.05, 0) is 91.6 Å². The van der Waals surface area contributed by atoms with Crippen molar-refractivity contribution < 1.29 is 9.29 Å². The van der Waals surface area contributed by atoms with Crippen molar-refractivity contribution in [3.8, 4) is 5.75 Å². The van der Waals surface area contributed by atoms with E-state index >= 15 is 0 Å². The third kappa shape index (κ3) is 9.65. The highest BCUT2D eigenvalue weighted by Crippen LogP contribution is 2.38. The molecule has 0 bridgehead atoms. The van der Waals surface area contributed by atoms with Gasteiger partial charge >= 0.3 is 0 Å². The fraction of sp³-hybridized carbons (Fsp3) is 0.459. The molecule has 4 nitrogen and oxygen atoms in total. The van der Waals surface area contributed by atoms with Crippen LogP contribution in [0.5, 0.6) is 5.75 Å². The molecule has 228 valence electrons. The molecule has 0 spiro atoms. The third-order valence-corrected chi connectivity index (χ3v) is 8.55. The quantitative estimate of drug-likeness (QED) is 0.178. The van der Waals surface area contributed by atoms with Crippen LogP contribution in [-0.2, 0) is 0 Å². The van der Waals surface area contributed by atoms with E-state index in [1.807, 2.05) is 27.7 Å². The van der Waals surface area contributed by atoms with E-state index in [1.54, 1.807) is 12.0 Å². The summed E-state index contributed by atoms with van der Waals surface area (Å²) in [6, 6.07) is 28.8. The van der Waals surface area contributed by atoms with E-state index in [0.29, 0.717) is 11.3 Å². The summed E-state index contributed by atoms with van der Waals surface area (Å²) in [4.78, 5) is 5.05. The normalized spacial score (nSPS) is 15.7. The number of hydrogen-bond acceptors (Lipinski definition) is 5. The molecular weight excluding hydrogens is 536 g/mol. The Hall–Kier alpha value is -2.73. The number of piperazine rings is 1. The molecule has 1 aliphatic carbocycles. The highest BCUT2D eigenvalue weighted by atomic mass is 32.2. The standard InChI is InChI=1S/C33H40N2O2S.2C2H6/c1-25(2)34-20-22-35(23-21-34)29-14-10-27(11-15-29)33(32(9-6-24-36)26-7-4-3-5-8-26)28-12-16-30(17-13-28)37-38-31-18-19-31;2*1-2/h3-5,7-8,10-17,25,31,36H,6,9,18-24H2,1-2H3;2*1-2H3/b33-32+;;. The number of rotatable bonds is 11. The SMILES string of the molecule is CC.CC.CC(C)N1CCN(c2ccc(/C(=C(/CCCO)c3ccccc3)c3ccc(OSC4CC4)cc3)cc2)CC1. The zero-order valence-electron chi connectivity index (χ0n) is 26.7. The molecule has 1 heterocycles. The molecular formula is C37H52N2O2S. The van der Waals surface area contributed by atoms with E-state index < -0.39 is 0 Å². The molecule has 0 amide bonds. The molecule has 0 radical (unpaired) electrons. The topological polar surface area (TPSA) is 35.9 Å². The minimum absolute atomic E-state index is 0.177. The van der Waals surface area contributed by atoms with Gasteiger partial charge in [0.25, 0.3) is 0 Å². The van der Waals surface area contributed by atoms with Crippen LogP contribution in [0.1, 0.15) is 83.9 Å². The number of anilines is 1. The van der Waals surface area contributed by atoms with Crippen LogP contribution in [-0.4, -0.2) is 54.1 Å². The second-order valence-electron chi connectivity index (χ2n) is 10.6. The van der Waals surface area contributed by atoms with E-state index in [2.05, 4.69) is 103 Å². The molecule has 5 rings (SSSR count). The third-order valence-electron chi connectivity index (χ3n) is 7.52. The highest BCUT2D eigenvalue weighted by Gasteiger charge is 2.24. The van der Waals surface area contributed by atoms with Crippen molar-refractivity contribution in [1.82, 2.24) is 4.90 Å². The maximum absolute atomic E-state index is 9.71. The Morgan fingerprint density at radius 1 is 0.786 bits per heavy atom. The highest BCUT2D eigenvalue weighted by molar-refractivity contribution is 7.95. The van der Waals surface area contributed by atoms with Gasteiger partial charge in [-0.1, -0.05) is 82.3 Å². The van der Waals surface area contributed by atoms with Crippen molar-refractivity contribution in [3.05, 3.63) is 95.6 Å². The Bertz CT molecular complexity index is 1180. The lowest BCUT2D eigenvalue weighted by Gasteiger charge is -2.38. The minimum Gasteiger partial charge on any atom is -0.426 e. The monoisotopic (exact) mass is 588 g/mol. The Kier molecular flexibility index (Phi) is 14.5. The van der Waals surface area contributed by atoms with Crippen molar-refractivity contribution in [1.29, 1.82) is 0 Å². The predicted octanol–water partition coefficient (Wildman–Crippen LogP) is 9.19. The molecule has 0 aromatic heterocycles. The summed E-state index contributed by atoms with van der Waals surface area (Å²) in [7, 11) is 0. The van der Waals surface area contributed by atoms with Gasteiger partial charge in [0.2, 0.25) is 0 Å². The number of aliphatic hydroxyl groups is 1. The van der Waals surface area contributed by atoms with Crippen LogP contribution in [0.15, 0.2) is 78.9 Å². The Labute approximate surface area is 260 Å². The number of hydrogen-bond donors (Lipinski definition) is 1. The van der Waals surface area contributed by atoms with E-state index in [0.717, 1.165) is 44.8 Å². The molecule has 5 heteroatoms. The first-order valence-electron chi connectivity index (χ1n) is 16.0. The van der Waals surface area contributed by atoms with Gasteiger partial charge in [0.05, 0.1) is 12.0 Å². The first-order chi connectivity index (χ1) is 20.6. The number of benzene rings is 3. The van der Waals surface area contributed by atoms with Gasteiger partial charge in [-0.2, -0.15) is 0 Å². The van der Waals surface area contributed by atoms with Crippen molar-refractivity contribution in [2.75, 3.05) is 37.7 Å². The zero-order chi connectivity index (χ0) is 30.3. The molecule has 1 saturated heterocycles. The average molecular weight is 589 g/mol. The first kappa shape index (κ1) is 33.8. The van der Waals surface area contributed by atoms with Gasteiger partial charge in [0.15, 0.2) is 0 Å². The lowest BCUT2D eigenvalue weighted by Crippen LogP contribution is -2.48. The van der Waals surface area contributed by atoms with Crippen LogP contribution in [0.3, 0.4) is 0 Å². The lowest BCUT2D eigenvalue weighted by atomic mass is 9.87. The van der Waals surface area contributed by atoms with Gasteiger partial charge in [-0.3, -0.25) is 4.90 Å². The van der Waals surface area contributed by atoms with Crippen molar-refractivity contribution in [2.24, 2.45) is 0 Å². The maximum atomic E-state index is 9.71. The van der Waals surface area contributed by atoms with Crippen LogP contribution in [0.25, 0.3) is 11.1 Å². The van der Waals surface area contributed by atoms with Crippen LogP contribution < -0.4 is 9.08 Å². The van der Waals surface area contributed by atoms with E-state index in [-0.39, 0.29) is 6.61 Å². The second-order valence-corrected chi connectivity index (χ2v) is 11.6. The first-order valence-corrected chi connectivity index (χ1v) is 16.9. The largest absolute Gasteiger partial charge is 0.426 e. The predicted molar refractivity (Wildman–Crippen MR) is 184 cm³/mol. The van der Waals surface area contributed by atoms with Crippen LogP contribution in [0.4, 0.5) is 5.69 Å². The number of allylic oxidation sites excluding steroid dienone is 1. The average Bonchev–Trinajstić information content (AvgIpc) is 3.90. The molecule has 1 aliphatic heterocycles. The smallest absolute Gasteiger partial charge is 0.137 e. The fourth-order valence-electron chi connectivity index (χ4n) is 5.12. The summed E-state index contributed by atoms with van der Waals surface area (Å²) in [5.74, 6) is 0.900. The number of aliphatic hydroxyl groups excluding tert-OH is 1. The van der Waals surface area contributed by atoms with Crippen molar-refractivity contribution >= 4 is 28.9 Å². The summed E-state index contributed by atoms with van der Waals surface area (Å²) in [5.41, 5.74) is 7.35. The molecule has 3 aromatic rings. The summed E-state index contributed by atoms with van der Waals surface area (Å²) >= 11 is 1.59. The van der Waals surface area contributed by atoms with Crippen molar-refractivity contribution in [2.45, 2.75) is 78.5 Å². The molecule has 1 N–H and O–H groups in total. The molecule has 3 aromatic carbocycles. The minimum atomic E-state index is 0.177. The molecule has 1 saturated carbocycles. The van der Waals surface area contributed by atoms with Crippen LogP contribution in [0.2, 0.25) is 0 Å². The Balaban J connectivity index is 0.00000116. The Morgan fingerprint density at radius 2 is 1.36 bits per heavy atom. The molecule has 2 aliphatic rings. The molecule has 0 unspecified atom stereocenters. The maximum Gasteiger partial charge on any atom is 0.137 e. The molecule has 0 atom stereocenters. The fourth-order valence-corrected chi connectivity index (χ4v) is 5.81. The summed E-state index contributed by atoms with van der Waals surface area (Å²) < 4.78 is 5.94. The zero-order valence-corrected chi connectivity index (χ0v) is 27.5. The van der Waals surface area contributed by atoms with Gasteiger partial charge in [0.1, 0.15) is 5.75 Å². The molecule has 2 fully saturated rings. The van der Waals surface area contributed by atoms with E-state index in [4.69, 9.17) is 4.18 Å². The van der Waals surface area contributed by atoms with E-state index in [9.17, 15) is 5.11 Å². The molecule has 42 heavy (non-hydrogen) atoms. The summed E-state index contributed by atoms with van der Waals surface area (Å²) in [6.07, 6.45) is 4.05. The van der Waals surface area contributed by atoms with E-state index in [1.165, 1.54) is 46.4 Å². The second kappa shape index (κ2) is 18.0.